The van der Waals surface area contributed by atoms with Crippen molar-refractivity contribution in [2.24, 2.45) is 11.7 Å². The highest BCUT2D eigenvalue weighted by Gasteiger charge is 2.24. The van der Waals surface area contributed by atoms with Crippen LogP contribution in [-0.4, -0.2) is 27.8 Å². The van der Waals surface area contributed by atoms with Gasteiger partial charge in [0.05, 0.1) is 11.4 Å². The molecule has 1 aliphatic rings. The van der Waals surface area contributed by atoms with Crippen LogP contribution in [0.25, 0.3) is 0 Å². The highest BCUT2D eigenvalue weighted by molar-refractivity contribution is 5.27. The van der Waals surface area contributed by atoms with E-state index in [2.05, 4.69) is 20.5 Å². The van der Waals surface area contributed by atoms with Crippen LogP contribution in [0, 0.1) is 19.8 Å². The monoisotopic (exact) mass is 235 g/mol. The molecular formula is C12H21N5. The molecule has 0 amide bonds. The standard InChI is InChI=1S/C12H21N5/c1-8-9(2)16-17-12(14-8)15-11(7-13)10-5-3-4-6-10/h10-11H,3-7,13H2,1-2H3,(H,14,15,17). The maximum Gasteiger partial charge on any atom is 0.243 e. The van der Waals surface area contributed by atoms with Gasteiger partial charge in [0, 0.05) is 12.6 Å². The first kappa shape index (κ1) is 12.2. The van der Waals surface area contributed by atoms with Gasteiger partial charge in [-0.3, -0.25) is 0 Å². The van der Waals surface area contributed by atoms with Crippen molar-refractivity contribution in [3.05, 3.63) is 11.4 Å². The minimum atomic E-state index is 0.279. The fourth-order valence-corrected chi connectivity index (χ4v) is 2.41. The Morgan fingerprint density at radius 2 is 1.94 bits per heavy atom. The van der Waals surface area contributed by atoms with E-state index in [9.17, 15) is 0 Å². The largest absolute Gasteiger partial charge is 0.349 e. The van der Waals surface area contributed by atoms with Crippen LogP contribution in [0.4, 0.5) is 5.95 Å². The molecule has 1 saturated carbocycles. The summed E-state index contributed by atoms with van der Waals surface area (Å²) in [5.74, 6) is 1.26. The average Bonchev–Trinajstić information content (AvgIpc) is 2.84. The van der Waals surface area contributed by atoms with Crippen molar-refractivity contribution in [3.8, 4) is 0 Å². The Kier molecular flexibility index (Phi) is 3.89. The zero-order valence-electron chi connectivity index (χ0n) is 10.6. The topological polar surface area (TPSA) is 76.7 Å². The summed E-state index contributed by atoms with van der Waals surface area (Å²) in [6.45, 7) is 4.49. The van der Waals surface area contributed by atoms with Gasteiger partial charge in [-0.15, -0.1) is 5.10 Å². The van der Waals surface area contributed by atoms with Gasteiger partial charge in [-0.2, -0.15) is 5.10 Å². The molecule has 0 spiro atoms. The van der Waals surface area contributed by atoms with Crippen LogP contribution in [0.5, 0.6) is 0 Å². The molecule has 0 saturated heterocycles. The van der Waals surface area contributed by atoms with Gasteiger partial charge in [-0.05, 0) is 32.6 Å². The Bertz CT molecular complexity index is 373. The number of nitrogens with one attached hydrogen (secondary N) is 1. The van der Waals surface area contributed by atoms with Gasteiger partial charge >= 0.3 is 0 Å². The lowest BCUT2D eigenvalue weighted by Crippen LogP contribution is -2.36. The molecule has 5 nitrogen and oxygen atoms in total. The van der Waals surface area contributed by atoms with Crippen molar-refractivity contribution < 1.29 is 0 Å². The molecule has 3 N–H and O–H groups in total. The molecule has 0 aromatic carbocycles. The number of hydrogen-bond acceptors (Lipinski definition) is 5. The SMILES string of the molecule is Cc1nnc(NC(CN)C2CCCC2)nc1C. The smallest absolute Gasteiger partial charge is 0.243 e. The van der Waals surface area contributed by atoms with Gasteiger partial charge < -0.3 is 11.1 Å². The lowest BCUT2D eigenvalue weighted by Gasteiger charge is -2.22. The van der Waals surface area contributed by atoms with E-state index in [0.29, 0.717) is 18.4 Å². The summed E-state index contributed by atoms with van der Waals surface area (Å²) < 4.78 is 0. The molecule has 17 heavy (non-hydrogen) atoms. The third kappa shape index (κ3) is 2.91. The molecule has 1 fully saturated rings. The van der Waals surface area contributed by atoms with E-state index >= 15 is 0 Å². The normalized spacial score (nSPS) is 18.3. The third-order valence-corrected chi connectivity index (χ3v) is 3.63. The Morgan fingerprint density at radius 3 is 2.53 bits per heavy atom. The molecule has 1 heterocycles. The Hall–Kier alpha value is -1.23. The number of hydrogen-bond donors (Lipinski definition) is 2. The minimum Gasteiger partial charge on any atom is -0.349 e. The number of nitrogens with two attached hydrogens (primary N) is 1. The molecule has 1 atom stereocenters. The quantitative estimate of drug-likeness (QED) is 0.825. The molecule has 1 unspecified atom stereocenters. The second-order valence-corrected chi connectivity index (χ2v) is 4.84. The second kappa shape index (κ2) is 5.40. The van der Waals surface area contributed by atoms with Crippen molar-refractivity contribution in [1.82, 2.24) is 15.2 Å². The summed E-state index contributed by atoms with van der Waals surface area (Å²) in [6, 6.07) is 0.279. The summed E-state index contributed by atoms with van der Waals surface area (Å²) in [5, 5.41) is 11.5. The average molecular weight is 235 g/mol. The van der Waals surface area contributed by atoms with Gasteiger partial charge in [-0.25, -0.2) is 4.98 Å². The number of anilines is 1. The lowest BCUT2D eigenvalue weighted by atomic mass is 9.98. The number of aromatic nitrogens is 3. The van der Waals surface area contributed by atoms with Crippen molar-refractivity contribution in [2.45, 2.75) is 45.6 Å². The Morgan fingerprint density at radius 1 is 1.24 bits per heavy atom. The maximum absolute atomic E-state index is 5.83. The first-order valence-electron chi connectivity index (χ1n) is 6.35. The third-order valence-electron chi connectivity index (χ3n) is 3.63. The summed E-state index contributed by atoms with van der Waals surface area (Å²) in [7, 11) is 0. The molecule has 5 heteroatoms. The fourth-order valence-electron chi connectivity index (χ4n) is 2.41. The highest BCUT2D eigenvalue weighted by atomic mass is 15.2. The van der Waals surface area contributed by atoms with Crippen molar-refractivity contribution in [3.63, 3.8) is 0 Å². The zero-order valence-corrected chi connectivity index (χ0v) is 10.6. The molecular weight excluding hydrogens is 214 g/mol. The summed E-state index contributed by atoms with van der Waals surface area (Å²) in [6.07, 6.45) is 5.14. The second-order valence-electron chi connectivity index (χ2n) is 4.84. The van der Waals surface area contributed by atoms with E-state index in [1.54, 1.807) is 0 Å². The van der Waals surface area contributed by atoms with Crippen LogP contribution < -0.4 is 11.1 Å². The molecule has 0 aliphatic heterocycles. The molecule has 1 aromatic rings. The van der Waals surface area contributed by atoms with Crippen LogP contribution in [0.2, 0.25) is 0 Å². The van der Waals surface area contributed by atoms with Crippen molar-refractivity contribution in [1.29, 1.82) is 0 Å². The molecule has 0 bridgehead atoms. The van der Waals surface area contributed by atoms with Crippen molar-refractivity contribution >= 4 is 5.95 Å². The predicted octanol–water partition coefficient (Wildman–Crippen LogP) is 1.42. The number of rotatable bonds is 4. The highest BCUT2D eigenvalue weighted by Crippen LogP contribution is 2.28. The first-order chi connectivity index (χ1) is 8.20. The Balaban J connectivity index is 2.04. The van der Waals surface area contributed by atoms with E-state index in [0.717, 1.165) is 11.4 Å². The van der Waals surface area contributed by atoms with E-state index in [1.807, 2.05) is 13.8 Å². The number of nitrogens with zero attached hydrogens (tertiary/aromatic N) is 3. The van der Waals surface area contributed by atoms with E-state index in [-0.39, 0.29) is 6.04 Å². The zero-order chi connectivity index (χ0) is 12.3. The maximum atomic E-state index is 5.83. The van der Waals surface area contributed by atoms with Crippen molar-refractivity contribution in [2.75, 3.05) is 11.9 Å². The molecule has 94 valence electrons. The molecule has 0 radical (unpaired) electrons. The summed E-state index contributed by atoms with van der Waals surface area (Å²) >= 11 is 0. The molecule has 1 aliphatic carbocycles. The van der Waals surface area contributed by atoms with Gasteiger partial charge in [-0.1, -0.05) is 12.8 Å². The van der Waals surface area contributed by atoms with Crippen LogP contribution in [-0.2, 0) is 0 Å². The van der Waals surface area contributed by atoms with E-state index < -0.39 is 0 Å². The summed E-state index contributed by atoms with van der Waals surface area (Å²) in [5.41, 5.74) is 7.63. The first-order valence-corrected chi connectivity index (χ1v) is 6.35. The molecule has 2 rings (SSSR count). The lowest BCUT2D eigenvalue weighted by molar-refractivity contribution is 0.459. The minimum absolute atomic E-state index is 0.279. The van der Waals surface area contributed by atoms with E-state index in [1.165, 1.54) is 25.7 Å². The van der Waals surface area contributed by atoms with Crippen LogP contribution in [0.1, 0.15) is 37.1 Å². The summed E-state index contributed by atoms with van der Waals surface area (Å²) in [4.78, 5) is 4.39. The number of aryl methyl sites for hydroxylation is 2. The fraction of sp³-hybridized carbons (Fsp3) is 0.750. The van der Waals surface area contributed by atoms with E-state index in [4.69, 9.17) is 5.73 Å². The van der Waals surface area contributed by atoms with Gasteiger partial charge in [0.2, 0.25) is 5.95 Å². The predicted molar refractivity (Wildman–Crippen MR) is 67.7 cm³/mol. The van der Waals surface area contributed by atoms with Gasteiger partial charge in [0.15, 0.2) is 0 Å². The van der Waals surface area contributed by atoms with Gasteiger partial charge in [0.25, 0.3) is 0 Å². The van der Waals surface area contributed by atoms with Crippen LogP contribution in [0.15, 0.2) is 0 Å². The Labute approximate surface area is 102 Å². The van der Waals surface area contributed by atoms with Crippen LogP contribution in [0.3, 0.4) is 0 Å². The molecule has 1 aromatic heterocycles. The van der Waals surface area contributed by atoms with Crippen LogP contribution >= 0.6 is 0 Å². The van der Waals surface area contributed by atoms with Gasteiger partial charge in [0.1, 0.15) is 0 Å².